The second kappa shape index (κ2) is 4.83. The summed E-state index contributed by atoms with van der Waals surface area (Å²) in [5.74, 6) is -0.448. The zero-order valence-corrected chi connectivity index (χ0v) is 10.6. The molecule has 1 unspecified atom stereocenters. The zero-order chi connectivity index (χ0) is 12.4. The first-order valence-corrected chi connectivity index (χ1v) is 6.32. The van der Waals surface area contributed by atoms with Crippen LogP contribution in [0.5, 0.6) is 0 Å². The lowest BCUT2D eigenvalue weighted by Gasteiger charge is -2.22. The first kappa shape index (κ1) is 12.0. The van der Waals surface area contributed by atoms with Crippen molar-refractivity contribution in [3.05, 3.63) is 16.1 Å². The Morgan fingerprint density at radius 1 is 1.59 bits per heavy atom. The van der Waals surface area contributed by atoms with Crippen molar-refractivity contribution in [3.8, 4) is 0 Å². The summed E-state index contributed by atoms with van der Waals surface area (Å²) in [6.07, 6.45) is 1.51. The molecule has 1 aromatic heterocycles. The Balaban J connectivity index is 2.19. The van der Waals surface area contributed by atoms with Crippen LogP contribution in [0.2, 0.25) is 0 Å². The van der Waals surface area contributed by atoms with Crippen LogP contribution in [-0.2, 0) is 9.53 Å². The summed E-state index contributed by atoms with van der Waals surface area (Å²) < 4.78 is 4.72. The molecule has 0 radical (unpaired) electrons. The van der Waals surface area contributed by atoms with E-state index in [1.54, 1.807) is 17.3 Å². The number of esters is 1. The Bertz CT molecular complexity index is 444. The van der Waals surface area contributed by atoms with Crippen molar-refractivity contribution >= 4 is 23.2 Å². The third-order valence-electron chi connectivity index (χ3n) is 2.93. The number of hydrogen-bond donors (Lipinski definition) is 0. The monoisotopic (exact) mass is 254 g/mol. The summed E-state index contributed by atoms with van der Waals surface area (Å²) in [5.41, 5.74) is 2.36. The smallest absolute Gasteiger partial charge is 0.328 e. The molecule has 0 aliphatic carbocycles. The molecule has 5 nitrogen and oxygen atoms in total. The predicted octanol–water partition coefficient (Wildman–Crippen LogP) is 1.23. The summed E-state index contributed by atoms with van der Waals surface area (Å²) in [4.78, 5) is 30.1. The molecule has 1 aliphatic heterocycles. The van der Waals surface area contributed by atoms with Crippen LogP contribution in [-0.4, -0.2) is 41.5 Å². The molecule has 1 atom stereocenters. The molecular weight excluding hydrogens is 240 g/mol. The highest BCUT2D eigenvalue weighted by Crippen LogP contribution is 2.23. The maximum absolute atomic E-state index is 12.2. The Labute approximate surface area is 103 Å². The molecule has 0 bridgehead atoms. The lowest BCUT2D eigenvalue weighted by atomic mass is 10.2. The highest BCUT2D eigenvalue weighted by atomic mass is 32.1. The van der Waals surface area contributed by atoms with Crippen molar-refractivity contribution in [2.24, 2.45) is 0 Å². The van der Waals surface area contributed by atoms with Crippen LogP contribution >= 0.6 is 11.3 Å². The van der Waals surface area contributed by atoms with Gasteiger partial charge in [-0.1, -0.05) is 0 Å². The number of thiazole rings is 1. The number of amides is 1. The Morgan fingerprint density at radius 3 is 2.94 bits per heavy atom. The van der Waals surface area contributed by atoms with Crippen LogP contribution in [0.1, 0.15) is 28.2 Å². The number of rotatable bonds is 2. The van der Waals surface area contributed by atoms with Gasteiger partial charge in [0.25, 0.3) is 5.91 Å². The van der Waals surface area contributed by atoms with Gasteiger partial charge in [0.2, 0.25) is 0 Å². The van der Waals surface area contributed by atoms with Gasteiger partial charge in [-0.15, -0.1) is 11.3 Å². The highest BCUT2D eigenvalue weighted by Gasteiger charge is 2.36. The fraction of sp³-hybridized carbons (Fsp3) is 0.545. The molecule has 17 heavy (non-hydrogen) atoms. The molecule has 0 N–H and O–H groups in total. The molecule has 1 saturated heterocycles. The van der Waals surface area contributed by atoms with Crippen molar-refractivity contribution in [3.63, 3.8) is 0 Å². The van der Waals surface area contributed by atoms with Gasteiger partial charge in [-0.05, 0) is 19.8 Å². The first-order valence-electron chi connectivity index (χ1n) is 5.44. The number of carbonyl (C=O) groups is 2. The summed E-state index contributed by atoms with van der Waals surface area (Å²) in [6, 6.07) is -0.436. The number of ether oxygens (including phenoxy) is 1. The van der Waals surface area contributed by atoms with E-state index in [1.165, 1.54) is 18.4 Å². The molecule has 0 aromatic carbocycles. The average molecular weight is 254 g/mol. The SMILES string of the molecule is COC(=O)C1CCCN1C(=O)c1scnc1C. The Morgan fingerprint density at radius 2 is 2.35 bits per heavy atom. The van der Waals surface area contributed by atoms with E-state index in [1.807, 2.05) is 0 Å². The molecule has 0 saturated carbocycles. The maximum atomic E-state index is 12.2. The van der Waals surface area contributed by atoms with E-state index >= 15 is 0 Å². The summed E-state index contributed by atoms with van der Waals surface area (Å²) in [7, 11) is 1.35. The van der Waals surface area contributed by atoms with Crippen molar-refractivity contribution in [2.75, 3.05) is 13.7 Å². The molecule has 0 spiro atoms. The van der Waals surface area contributed by atoms with Gasteiger partial charge in [0.05, 0.1) is 18.3 Å². The minimum absolute atomic E-state index is 0.113. The van der Waals surface area contributed by atoms with Crippen LogP contribution in [0.25, 0.3) is 0 Å². The molecule has 2 heterocycles. The van der Waals surface area contributed by atoms with E-state index in [-0.39, 0.29) is 11.9 Å². The molecule has 1 aliphatic rings. The summed E-state index contributed by atoms with van der Waals surface area (Å²) in [5, 5.41) is 0. The van der Waals surface area contributed by atoms with Gasteiger partial charge < -0.3 is 9.64 Å². The third kappa shape index (κ3) is 2.17. The molecule has 2 rings (SSSR count). The van der Waals surface area contributed by atoms with Crippen molar-refractivity contribution in [1.82, 2.24) is 9.88 Å². The van der Waals surface area contributed by atoms with E-state index in [4.69, 9.17) is 4.74 Å². The maximum Gasteiger partial charge on any atom is 0.328 e. The number of aryl methyl sites for hydroxylation is 1. The van der Waals surface area contributed by atoms with Gasteiger partial charge in [-0.25, -0.2) is 9.78 Å². The molecule has 92 valence electrons. The fourth-order valence-corrected chi connectivity index (χ4v) is 2.79. The second-order valence-corrected chi connectivity index (χ2v) is 4.80. The average Bonchev–Trinajstić information content (AvgIpc) is 2.95. The predicted molar refractivity (Wildman–Crippen MR) is 62.9 cm³/mol. The Kier molecular flexibility index (Phi) is 3.42. The van der Waals surface area contributed by atoms with Crippen molar-refractivity contribution in [1.29, 1.82) is 0 Å². The van der Waals surface area contributed by atoms with Crippen molar-refractivity contribution in [2.45, 2.75) is 25.8 Å². The Hall–Kier alpha value is -1.43. The number of methoxy groups -OCH3 is 1. The number of hydrogen-bond acceptors (Lipinski definition) is 5. The minimum Gasteiger partial charge on any atom is -0.467 e. The number of carbonyl (C=O) groups excluding carboxylic acids is 2. The van der Waals surface area contributed by atoms with Crippen LogP contribution in [0, 0.1) is 6.92 Å². The topological polar surface area (TPSA) is 59.5 Å². The van der Waals surface area contributed by atoms with Gasteiger partial charge >= 0.3 is 5.97 Å². The summed E-state index contributed by atoms with van der Waals surface area (Å²) in [6.45, 7) is 2.41. The fourth-order valence-electron chi connectivity index (χ4n) is 2.03. The zero-order valence-electron chi connectivity index (χ0n) is 9.80. The van der Waals surface area contributed by atoms with Crippen LogP contribution < -0.4 is 0 Å². The van der Waals surface area contributed by atoms with Crippen LogP contribution in [0.15, 0.2) is 5.51 Å². The lowest BCUT2D eigenvalue weighted by Crippen LogP contribution is -2.41. The number of aromatic nitrogens is 1. The third-order valence-corrected chi connectivity index (χ3v) is 3.84. The molecule has 1 amide bonds. The van der Waals surface area contributed by atoms with Gasteiger partial charge in [0, 0.05) is 6.54 Å². The van der Waals surface area contributed by atoms with Gasteiger partial charge in [0.1, 0.15) is 10.9 Å². The number of likely N-dealkylation sites (tertiary alicyclic amines) is 1. The van der Waals surface area contributed by atoms with Gasteiger partial charge in [-0.3, -0.25) is 4.79 Å². The number of nitrogens with zero attached hydrogens (tertiary/aromatic N) is 2. The molecular formula is C11H14N2O3S. The van der Waals surface area contributed by atoms with Gasteiger partial charge in [0.15, 0.2) is 0 Å². The standard InChI is InChI=1S/C11H14N2O3S/c1-7-9(17-6-12-7)10(14)13-5-3-4-8(13)11(15)16-2/h6,8H,3-5H2,1-2H3. The first-order chi connectivity index (χ1) is 8.15. The van der Waals surface area contributed by atoms with E-state index in [9.17, 15) is 9.59 Å². The highest BCUT2D eigenvalue weighted by molar-refractivity contribution is 7.11. The normalized spacial score (nSPS) is 19.4. The quantitative estimate of drug-likeness (QED) is 0.745. The van der Waals surface area contributed by atoms with E-state index in [0.717, 1.165) is 12.1 Å². The largest absolute Gasteiger partial charge is 0.467 e. The van der Waals surface area contributed by atoms with E-state index in [2.05, 4.69) is 4.98 Å². The van der Waals surface area contributed by atoms with E-state index in [0.29, 0.717) is 17.8 Å². The van der Waals surface area contributed by atoms with Gasteiger partial charge in [-0.2, -0.15) is 0 Å². The van der Waals surface area contributed by atoms with Crippen molar-refractivity contribution < 1.29 is 14.3 Å². The second-order valence-electron chi connectivity index (χ2n) is 3.95. The minimum atomic E-state index is -0.436. The van der Waals surface area contributed by atoms with Crippen LogP contribution in [0.3, 0.4) is 0 Å². The lowest BCUT2D eigenvalue weighted by molar-refractivity contribution is -0.145. The summed E-state index contributed by atoms with van der Waals surface area (Å²) >= 11 is 1.31. The molecule has 6 heteroatoms. The van der Waals surface area contributed by atoms with E-state index < -0.39 is 6.04 Å². The van der Waals surface area contributed by atoms with Crippen LogP contribution in [0.4, 0.5) is 0 Å². The molecule has 1 aromatic rings. The molecule has 1 fully saturated rings.